The minimum absolute atomic E-state index is 0.214. The first-order valence-electron chi connectivity index (χ1n) is 6.01. The molecule has 0 bridgehead atoms. The van der Waals surface area contributed by atoms with Crippen LogP contribution < -0.4 is 4.74 Å². The van der Waals surface area contributed by atoms with Gasteiger partial charge in [-0.2, -0.15) is 0 Å². The van der Waals surface area contributed by atoms with Gasteiger partial charge in [-0.15, -0.1) is 0 Å². The zero-order valence-corrected chi connectivity index (χ0v) is 9.93. The largest absolute Gasteiger partial charge is 0.490 e. The van der Waals surface area contributed by atoms with Gasteiger partial charge in [0.05, 0.1) is 0 Å². The van der Waals surface area contributed by atoms with E-state index in [0.29, 0.717) is 0 Å². The first-order chi connectivity index (χ1) is 8.88. The number of benzene rings is 3. The van der Waals surface area contributed by atoms with Crippen molar-refractivity contribution >= 4 is 21.5 Å². The Balaban J connectivity index is 2.22. The highest BCUT2D eigenvalue weighted by atomic mass is 16.5. The van der Waals surface area contributed by atoms with E-state index in [-0.39, 0.29) is 13.2 Å². The quantitative estimate of drug-likeness (QED) is 0.637. The second-order valence-electron chi connectivity index (χ2n) is 4.23. The molecule has 2 heteroatoms. The van der Waals surface area contributed by atoms with Gasteiger partial charge in [0.2, 0.25) is 0 Å². The molecule has 0 aliphatic heterocycles. The molecule has 0 unspecified atom stereocenters. The molecule has 3 aromatic carbocycles. The van der Waals surface area contributed by atoms with Crippen molar-refractivity contribution in [3.63, 3.8) is 0 Å². The molecule has 0 aliphatic rings. The third-order valence-corrected chi connectivity index (χ3v) is 3.05. The third-order valence-electron chi connectivity index (χ3n) is 3.05. The highest BCUT2D eigenvalue weighted by molar-refractivity contribution is 6.00. The normalized spacial score (nSPS) is 10.9. The molecule has 3 rings (SSSR count). The molecule has 0 saturated carbocycles. The molecule has 1 radical (unpaired) electrons. The van der Waals surface area contributed by atoms with Crippen molar-refractivity contribution in [1.82, 2.24) is 0 Å². The van der Waals surface area contributed by atoms with Gasteiger partial charge in [0.1, 0.15) is 19.0 Å². The Morgan fingerprint density at radius 1 is 0.833 bits per heavy atom. The summed E-state index contributed by atoms with van der Waals surface area (Å²) in [4.78, 5) is 0. The minimum atomic E-state index is -0.218. The van der Waals surface area contributed by atoms with Crippen molar-refractivity contribution in [2.75, 3.05) is 13.2 Å². The fourth-order valence-corrected chi connectivity index (χ4v) is 2.22. The van der Waals surface area contributed by atoms with E-state index in [1.54, 1.807) is 0 Å². The van der Waals surface area contributed by atoms with Crippen molar-refractivity contribution in [2.45, 2.75) is 0 Å². The van der Waals surface area contributed by atoms with Gasteiger partial charge in [-0.3, -0.25) is 0 Å². The van der Waals surface area contributed by atoms with E-state index in [1.807, 2.05) is 24.3 Å². The highest BCUT2D eigenvalue weighted by Gasteiger charge is 2.03. The summed E-state index contributed by atoms with van der Waals surface area (Å²) >= 11 is 0. The predicted molar refractivity (Wildman–Crippen MR) is 72.5 cm³/mol. The molecule has 0 spiro atoms. The molecule has 0 heterocycles. The summed E-state index contributed by atoms with van der Waals surface area (Å²) in [5.74, 6) is 0.786. The van der Waals surface area contributed by atoms with Gasteiger partial charge in [0.15, 0.2) is 0 Å². The van der Waals surface area contributed by atoms with E-state index in [9.17, 15) is 5.11 Å². The third kappa shape index (κ3) is 1.91. The zero-order valence-electron chi connectivity index (χ0n) is 9.93. The van der Waals surface area contributed by atoms with Crippen molar-refractivity contribution in [1.29, 1.82) is 0 Å². The van der Waals surface area contributed by atoms with E-state index in [0.717, 1.165) is 16.5 Å². The van der Waals surface area contributed by atoms with E-state index in [2.05, 4.69) is 30.3 Å². The van der Waals surface area contributed by atoms with Crippen LogP contribution in [0, 0.1) is 0 Å². The average Bonchev–Trinajstić information content (AvgIpc) is 2.43. The van der Waals surface area contributed by atoms with Crippen LogP contribution in [0.25, 0.3) is 21.5 Å². The molecule has 0 atom stereocenters. The predicted octanol–water partition coefficient (Wildman–Crippen LogP) is 3.80. The van der Waals surface area contributed by atoms with Crippen LogP contribution in [0.15, 0.2) is 54.6 Å². The molecule has 0 amide bonds. The molecule has 0 saturated heterocycles. The molecule has 0 aromatic heterocycles. The maximum atomic E-state index is 10.5. The Hall–Kier alpha value is -2.06. The summed E-state index contributed by atoms with van der Waals surface area (Å²) in [7, 11) is 0. The topological polar surface area (TPSA) is 29.1 Å². The lowest BCUT2D eigenvalue weighted by Crippen LogP contribution is -2.00. The summed E-state index contributed by atoms with van der Waals surface area (Å²) < 4.78 is 5.50. The van der Waals surface area contributed by atoms with Crippen LogP contribution in [-0.2, 0) is 5.11 Å². The van der Waals surface area contributed by atoms with E-state index < -0.39 is 0 Å². The summed E-state index contributed by atoms with van der Waals surface area (Å²) in [5, 5.41) is 15.1. The average molecular weight is 237 g/mol. The maximum Gasteiger partial charge on any atom is 0.127 e. The Labute approximate surface area is 105 Å². The molecule has 0 fully saturated rings. The van der Waals surface area contributed by atoms with Crippen molar-refractivity contribution in [3.05, 3.63) is 54.6 Å². The molecule has 89 valence electrons. The second kappa shape index (κ2) is 4.67. The van der Waals surface area contributed by atoms with E-state index in [1.165, 1.54) is 10.8 Å². The minimum Gasteiger partial charge on any atom is -0.490 e. The Kier molecular flexibility index (Phi) is 2.87. The van der Waals surface area contributed by atoms with Crippen LogP contribution >= 0.6 is 0 Å². The SMILES string of the molecule is [O]CCOc1cccc2cc3ccccc3cc12. The van der Waals surface area contributed by atoms with Gasteiger partial charge in [0, 0.05) is 5.39 Å². The standard InChI is InChI=1S/C16H13O2/c17-8-9-18-16-7-3-6-14-10-12-4-1-2-5-13(12)11-15(14)16/h1-7,10-11H,8-9H2. The first-order valence-corrected chi connectivity index (χ1v) is 6.01. The van der Waals surface area contributed by atoms with E-state index in [4.69, 9.17) is 4.74 Å². The van der Waals surface area contributed by atoms with Gasteiger partial charge >= 0.3 is 0 Å². The number of hydrogen-bond donors (Lipinski definition) is 0. The second-order valence-corrected chi connectivity index (χ2v) is 4.23. The number of ether oxygens (including phenoxy) is 1. The van der Waals surface area contributed by atoms with Gasteiger partial charge < -0.3 is 4.74 Å². The fourth-order valence-electron chi connectivity index (χ4n) is 2.22. The van der Waals surface area contributed by atoms with E-state index >= 15 is 0 Å². The number of hydrogen-bond acceptors (Lipinski definition) is 1. The lowest BCUT2D eigenvalue weighted by atomic mass is 10.0. The zero-order chi connectivity index (χ0) is 12.4. The summed E-state index contributed by atoms with van der Waals surface area (Å²) in [6.45, 7) is -0.00406. The molecule has 0 aliphatic carbocycles. The van der Waals surface area contributed by atoms with Crippen LogP contribution in [0.1, 0.15) is 0 Å². The van der Waals surface area contributed by atoms with Gasteiger partial charge in [-0.1, -0.05) is 36.4 Å². The summed E-state index contributed by atoms with van der Waals surface area (Å²) in [6, 6.07) is 18.4. The number of rotatable bonds is 3. The molecule has 2 nitrogen and oxygen atoms in total. The van der Waals surface area contributed by atoms with Gasteiger partial charge in [-0.05, 0) is 34.4 Å². The Morgan fingerprint density at radius 3 is 2.33 bits per heavy atom. The van der Waals surface area contributed by atoms with Gasteiger partial charge in [-0.25, -0.2) is 5.11 Å². The molecule has 0 N–H and O–H groups in total. The highest BCUT2D eigenvalue weighted by Crippen LogP contribution is 2.29. The van der Waals surface area contributed by atoms with Crippen LogP contribution in [-0.4, -0.2) is 13.2 Å². The fraction of sp³-hybridized carbons (Fsp3) is 0.125. The summed E-state index contributed by atoms with van der Waals surface area (Å²) in [6.07, 6.45) is 0. The smallest absolute Gasteiger partial charge is 0.127 e. The molecular weight excluding hydrogens is 224 g/mol. The van der Waals surface area contributed by atoms with Crippen LogP contribution in [0.3, 0.4) is 0 Å². The molecular formula is C16H13O2. The lowest BCUT2D eigenvalue weighted by Gasteiger charge is -2.09. The first kappa shape index (κ1) is 11.1. The lowest BCUT2D eigenvalue weighted by molar-refractivity contribution is 0.139. The Bertz CT molecular complexity index is 689. The molecule has 3 aromatic rings. The Morgan fingerprint density at radius 2 is 1.56 bits per heavy atom. The van der Waals surface area contributed by atoms with Crippen LogP contribution in [0.5, 0.6) is 5.75 Å². The van der Waals surface area contributed by atoms with Crippen molar-refractivity contribution in [2.24, 2.45) is 0 Å². The monoisotopic (exact) mass is 237 g/mol. The van der Waals surface area contributed by atoms with Gasteiger partial charge in [0.25, 0.3) is 0 Å². The maximum absolute atomic E-state index is 10.5. The molecule has 18 heavy (non-hydrogen) atoms. The van der Waals surface area contributed by atoms with Crippen molar-refractivity contribution in [3.8, 4) is 5.75 Å². The van der Waals surface area contributed by atoms with Crippen LogP contribution in [0.4, 0.5) is 0 Å². The van der Waals surface area contributed by atoms with Crippen molar-refractivity contribution < 1.29 is 9.84 Å². The number of fused-ring (bicyclic) bond motifs is 2. The van der Waals surface area contributed by atoms with Crippen LogP contribution in [0.2, 0.25) is 0 Å². The summed E-state index contributed by atoms with van der Waals surface area (Å²) in [5.41, 5.74) is 0.